The van der Waals surface area contributed by atoms with Crippen LogP contribution < -0.4 is 0 Å². The molecule has 4 rings (SSSR count). The van der Waals surface area contributed by atoms with Gasteiger partial charge in [0.05, 0.1) is 12.3 Å². The predicted octanol–water partition coefficient (Wildman–Crippen LogP) is 3.26. The molecule has 0 N–H and O–H groups in total. The van der Waals surface area contributed by atoms with Crippen LogP contribution >= 0.6 is 0 Å². The summed E-state index contributed by atoms with van der Waals surface area (Å²) in [6, 6.07) is 20.4. The molecule has 2 aromatic rings. The van der Waals surface area contributed by atoms with Crippen molar-refractivity contribution in [2.45, 2.75) is 6.04 Å². The van der Waals surface area contributed by atoms with Crippen molar-refractivity contribution in [3.05, 3.63) is 77.9 Å². The highest BCUT2D eigenvalue weighted by atomic mass is 32.2. The van der Waals surface area contributed by atoms with Crippen molar-refractivity contribution in [3.8, 4) is 0 Å². The molecular formula is C22H26N2O2S. The SMILES string of the molecule is CS(=O)(=O)N1C[C@H]2CN(CC=Cc3ccccc3)C[C@H]2[C@@H]1c1ccccc1. The molecule has 0 unspecified atom stereocenters. The molecule has 2 aliphatic heterocycles. The third-order valence-electron chi connectivity index (χ3n) is 5.74. The van der Waals surface area contributed by atoms with E-state index in [1.54, 1.807) is 4.31 Å². The molecule has 27 heavy (non-hydrogen) atoms. The third-order valence-corrected chi connectivity index (χ3v) is 6.97. The molecule has 0 aromatic heterocycles. The van der Waals surface area contributed by atoms with Crippen LogP contribution in [0.1, 0.15) is 17.2 Å². The normalized spacial score (nSPS) is 26.6. The number of fused-ring (bicyclic) bond motifs is 1. The van der Waals surface area contributed by atoms with Gasteiger partial charge in [-0.1, -0.05) is 72.8 Å². The number of likely N-dealkylation sites (tertiary alicyclic amines) is 1. The summed E-state index contributed by atoms with van der Waals surface area (Å²) >= 11 is 0. The Morgan fingerprint density at radius 3 is 2.30 bits per heavy atom. The lowest BCUT2D eigenvalue weighted by Gasteiger charge is -2.27. The first-order valence-electron chi connectivity index (χ1n) is 9.48. The van der Waals surface area contributed by atoms with Gasteiger partial charge < -0.3 is 0 Å². The van der Waals surface area contributed by atoms with Crippen LogP contribution in [0.2, 0.25) is 0 Å². The van der Waals surface area contributed by atoms with Crippen LogP contribution in [0, 0.1) is 11.8 Å². The van der Waals surface area contributed by atoms with Gasteiger partial charge >= 0.3 is 0 Å². The summed E-state index contributed by atoms with van der Waals surface area (Å²) in [5.74, 6) is 0.752. The molecule has 2 heterocycles. The minimum Gasteiger partial charge on any atom is -0.299 e. The van der Waals surface area contributed by atoms with Crippen molar-refractivity contribution in [2.24, 2.45) is 11.8 Å². The Bertz CT molecular complexity index is 896. The number of sulfonamides is 1. The Morgan fingerprint density at radius 2 is 1.63 bits per heavy atom. The topological polar surface area (TPSA) is 40.6 Å². The number of benzene rings is 2. The van der Waals surface area contributed by atoms with Crippen LogP contribution in [0.3, 0.4) is 0 Å². The maximum Gasteiger partial charge on any atom is 0.211 e. The van der Waals surface area contributed by atoms with Crippen molar-refractivity contribution in [2.75, 3.05) is 32.4 Å². The fourth-order valence-electron chi connectivity index (χ4n) is 4.55. The molecule has 2 aliphatic rings. The minimum absolute atomic E-state index is 0.0469. The molecule has 0 bridgehead atoms. The van der Waals surface area contributed by atoms with Crippen LogP contribution in [0.15, 0.2) is 66.7 Å². The van der Waals surface area contributed by atoms with E-state index in [4.69, 9.17) is 0 Å². The molecule has 0 spiro atoms. The van der Waals surface area contributed by atoms with Gasteiger partial charge in [0.1, 0.15) is 0 Å². The lowest BCUT2D eigenvalue weighted by Crippen LogP contribution is -2.35. The standard InChI is InChI=1S/C22H26N2O2S/c1-27(25,26)24-16-20-15-23(14-8-11-18-9-4-2-5-10-18)17-21(20)22(24)19-12-6-3-7-13-19/h2-13,20-22H,14-17H2,1H3/t20-,21-,22+/m1/s1. The molecule has 3 atom stereocenters. The lowest BCUT2D eigenvalue weighted by molar-refractivity contribution is 0.283. The Morgan fingerprint density at radius 1 is 0.963 bits per heavy atom. The van der Waals surface area contributed by atoms with Gasteiger partial charge in [0.15, 0.2) is 0 Å². The van der Waals surface area contributed by atoms with Crippen LogP contribution in [0.5, 0.6) is 0 Å². The van der Waals surface area contributed by atoms with Crippen molar-refractivity contribution < 1.29 is 8.42 Å². The van der Waals surface area contributed by atoms with Gasteiger partial charge in [-0.25, -0.2) is 8.42 Å². The van der Waals surface area contributed by atoms with E-state index in [2.05, 4.69) is 41.3 Å². The van der Waals surface area contributed by atoms with E-state index >= 15 is 0 Å². The molecule has 2 aromatic carbocycles. The Balaban J connectivity index is 1.48. The molecule has 2 saturated heterocycles. The second-order valence-corrected chi connectivity index (χ2v) is 9.58. The molecule has 5 heteroatoms. The zero-order valence-electron chi connectivity index (χ0n) is 15.6. The summed E-state index contributed by atoms with van der Waals surface area (Å²) in [5, 5.41) is 0. The quantitative estimate of drug-likeness (QED) is 0.797. The van der Waals surface area contributed by atoms with E-state index in [1.165, 1.54) is 11.8 Å². The Hall–Kier alpha value is -1.95. The highest BCUT2D eigenvalue weighted by Gasteiger charge is 2.50. The highest BCUT2D eigenvalue weighted by Crippen LogP contribution is 2.45. The van der Waals surface area contributed by atoms with Crippen molar-refractivity contribution >= 4 is 16.1 Å². The summed E-state index contributed by atoms with van der Waals surface area (Å²) < 4.78 is 26.4. The first-order valence-corrected chi connectivity index (χ1v) is 11.3. The predicted molar refractivity (Wildman–Crippen MR) is 110 cm³/mol. The van der Waals surface area contributed by atoms with Crippen molar-refractivity contribution in [3.63, 3.8) is 0 Å². The second kappa shape index (κ2) is 7.58. The van der Waals surface area contributed by atoms with E-state index in [1.807, 2.05) is 36.4 Å². The summed E-state index contributed by atoms with van der Waals surface area (Å²) in [6.45, 7) is 3.43. The highest BCUT2D eigenvalue weighted by molar-refractivity contribution is 7.88. The maximum atomic E-state index is 12.4. The molecule has 2 fully saturated rings. The number of hydrogen-bond acceptors (Lipinski definition) is 3. The fraction of sp³-hybridized carbons (Fsp3) is 0.364. The summed E-state index contributed by atoms with van der Waals surface area (Å²) in [7, 11) is -3.21. The smallest absolute Gasteiger partial charge is 0.211 e. The molecular weight excluding hydrogens is 356 g/mol. The summed E-state index contributed by atoms with van der Waals surface area (Å²) in [4.78, 5) is 2.45. The van der Waals surface area contributed by atoms with Gasteiger partial charge in [0, 0.05) is 26.2 Å². The van der Waals surface area contributed by atoms with Gasteiger partial charge in [-0.3, -0.25) is 4.90 Å². The van der Waals surface area contributed by atoms with Crippen LogP contribution in [0.25, 0.3) is 6.08 Å². The number of rotatable bonds is 5. The largest absolute Gasteiger partial charge is 0.299 e. The Kier molecular flexibility index (Phi) is 5.17. The first-order chi connectivity index (χ1) is 13.0. The second-order valence-electron chi connectivity index (χ2n) is 7.64. The van der Waals surface area contributed by atoms with Gasteiger partial charge in [-0.15, -0.1) is 0 Å². The molecule has 0 amide bonds. The van der Waals surface area contributed by atoms with Crippen LogP contribution in [0.4, 0.5) is 0 Å². The lowest BCUT2D eigenvalue weighted by atomic mass is 9.90. The van der Waals surface area contributed by atoms with E-state index in [9.17, 15) is 8.42 Å². The van der Waals surface area contributed by atoms with Crippen molar-refractivity contribution in [1.82, 2.24) is 9.21 Å². The van der Waals surface area contributed by atoms with Crippen LogP contribution in [-0.4, -0.2) is 50.1 Å². The molecule has 0 aliphatic carbocycles. The molecule has 0 saturated carbocycles. The van der Waals surface area contributed by atoms with Gasteiger partial charge in [-0.2, -0.15) is 4.31 Å². The molecule has 4 nitrogen and oxygen atoms in total. The number of hydrogen-bond donors (Lipinski definition) is 0. The first kappa shape index (κ1) is 18.4. The van der Waals surface area contributed by atoms with E-state index in [-0.39, 0.29) is 6.04 Å². The van der Waals surface area contributed by atoms with Crippen LogP contribution in [-0.2, 0) is 10.0 Å². The monoisotopic (exact) mass is 382 g/mol. The van der Waals surface area contributed by atoms with Crippen molar-refractivity contribution in [1.29, 1.82) is 0 Å². The molecule has 142 valence electrons. The van der Waals surface area contributed by atoms with E-state index in [0.717, 1.165) is 25.2 Å². The maximum absolute atomic E-state index is 12.4. The minimum atomic E-state index is -3.21. The number of nitrogens with zero attached hydrogens (tertiary/aromatic N) is 2. The van der Waals surface area contributed by atoms with E-state index in [0.29, 0.717) is 18.4 Å². The average Bonchev–Trinajstić information content (AvgIpc) is 3.20. The van der Waals surface area contributed by atoms with Gasteiger partial charge in [-0.05, 0) is 23.0 Å². The zero-order valence-corrected chi connectivity index (χ0v) is 16.4. The summed E-state index contributed by atoms with van der Waals surface area (Å²) in [5.41, 5.74) is 2.32. The van der Waals surface area contributed by atoms with Gasteiger partial charge in [0.2, 0.25) is 10.0 Å². The average molecular weight is 383 g/mol. The summed E-state index contributed by atoms with van der Waals surface area (Å²) in [6.07, 6.45) is 5.71. The molecule has 0 radical (unpaired) electrons. The zero-order chi connectivity index (χ0) is 18.9. The Labute approximate surface area is 162 Å². The van der Waals surface area contributed by atoms with E-state index < -0.39 is 10.0 Å². The van der Waals surface area contributed by atoms with Gasteiger partial charge in [0.25, 0.3) is 0 Å². The fourth-order valence-corrected chi connectivity index (χ4v) is 5.71. The third kappa shape index (κ3) is 4.00.